The molecule has 1 heterocycles. The Kier molecular flexibility index (Phi) is 7.52. The molecule has 0 saturated carbocycles. The third-order valence-electron chi connectivity index (χ3n) is 5.27. The van der Waals surface area contributed by atoms with Gasteiger partial charge in [-0.1, -0.05) is 36.4 Å². The molecule has 0 radical (unpaired) electrons. The Morgan fingerprint density at radius 1 is 1.06 bits per heavy atom. The maximum atomic E-state index is 13.0. The Morgan fingerprint density at radius 2 is 1.80 bits per heavy atom. The number of aromatic carboxylic acids is 1. The second kappa shape index (κ2) is 10.9. The monoisotopic (exact) mass is 488 g/mol. The molecule has 1 aliphatic rings. The number of amides is 1. The van der Waals surface area contributed by atoms with Crippen LogP contribution < -0.4 is 9.47 Å². The summed E-state index contributed by atoms with van der Waals surface area (Å²) in [6, 6.07) is 21.6. The zero-order valence-corrected chi connectivity index (χ0v) is 20.1. The van der Waals surface area contributed by atoms with Crippen molar-refractivity contribution in [3.63, 3.8) is 0 Å². The van der Waals surface area contributed by atoms with Gasteiger partial charge in [-0.25, -0.2) is 9.79 Å². The highest BCUT2D eigenvalue weighted by Crippen LogP contribution is 2.36. The highest BCUT2D eigenvalue weighted by molar-refractivity contribution is 8.18. The fourth-order valence-electron chi connectivity index (χ4n) is 3.44. The number of benzene rings is 3. The topological polar surface area (TPSA) is 88.4 Å². The molecule has 0 aromatic heterocycles. The standard InChI is InChI=1S/C27H24N2O5S/c1-3-29-25(30)24(35-27(29)28-21-12-10-20(11-13-21)26(31)32)16-19-9-14-22(23(15-19)33-2)34-17-18-7-5-4-6-8-18/h4-16H,3,17H2,1-2H3,(H,31,32)/b24-16-,28-27?. The Labute approximate surface area is 207 Å². The Hall–Kier alpha value is -4.04. The number of carboxylic acid groups (broad SMARTS) is 1. The number of carbonyl (C=O) groups is 2. The number of methoxy groups -OCH3 is 1. The molecule has 0 aliphatic carbocycles. The number of ether oxygens (including phenoxy) is 2. The first-order valence-corrected chi connectivity index (χ1v) is 11.8. The van der Waals surface area contributed by atoms with E-state index < -0.39 is 5.97 Å². The molecule has 0 bridgehead atoms. The van der Waals surface area contributed by atoms with E-state index in [1.165, 1.54) is 23.9 Å². The highest BCUT2D eigenvalue weighted by atomic mass is 32.2. The number of carboxylic acids is 1. The molecule has 7 nitrogen and oxygen atoms in total. The van der Waals surface area contributed by atoms with Crippen molar-refractivity contribution < 1.29 is 24.2 Å². The van der Waals surface area contributed by atoms with Crippen LogP contribution in [0.25, 0.3) is 6.08 Å². The SMILES string of the molecule is CCN1C(=O)/C(=C/c2ccc(OCc3ccccc3)c(OC)c2)SC1=Nc1ccc(C(=O)O)cc1. The van der Waals surface area contributed by atoms with E-state index in [1.54, 1.807) is 30.2 Å². The number of rotatable bonds is 8. The van der Waals surface area contributed by atoms with Crippen molar-refractivity contribution in [2.75, 3.05) is 13.7 Å². The second-order valence-corrected chi connectivity index (χ2v) is 8.60. The van der Waals surface area contributed by atoms with Crippen molar-refractivity contribution in [2.45, 2.75) is 13.5 Å². The van der Waals surface area contributed by atoms with Crippen molar-refractivity contribution in [3.05, 3.63) is 94.4 Å². The average Bonchev–Trinajstić information content (AvgIpc) is 3.17. The zero-order chi connectivity index (χ0) is 24.8. The number of hydrogen-bond donors (Lipinski definition) is 1. The summed E-state index contributed by atoms with van der Waals surface area (Å²) in [5.41, 5.74) is 2.61. The molecule has 1 fully saturated rings. The molecule has 0 spiro atoms. The maximum Gasteiger partial charge on any atom is 0.335 e. The molecule has 3 aromatic rings. The summed E-state index contributed by atoms with van der Waals surface area (Å²) in [6.45, 7) is 2.77. The van der Waals surface area contributed by atoms with Crippen molar-refractivity contribution in [1.29, 1.82) is 0 Å². The Morgan fingerprint density at radius 3 is 2.46 bits per heavy atom. The normalized spacial score (nSPS) is 15.6. The fraction of sp³-hybridized carbons (Fsp3) is 0.148. The minimum absolute atomic E-state index is 0.137. The van der Waals surface area contributed by atoms with Crippen LogP contribution in [0, 0.1) is 0 Å². The maximum absolute atomic E-state index is 13.0. The first-order valence-electron chi connectivity index (χ1n) is 11.0. The van der Waals surface area contributed by atoms with Gasteiger partial charge in [0.1, 0.15) is 6.61 Å². The summed E-state index contributed by atoms with van der Waals surface area (Å²) in [5, 5.41) is 9.61. The van der Waals surface area contributed by atoms with Gasteiger partial charge in [0.05, 0.1) is 23.3 Å². The van der Waals surface area contributed by atoms with Crippen LogP contribution >= 0.6 is 11.8 Å². The molecule has 1 saturated heterocycles. The lowest BCUT2D eigenvalue weighted by molar-refractivity contribution is -0.122. The average molecular weight is 489 g/mol. The van der Waals surface area contributed by atoms with Crippen LogP contribution in [-0.4, -0.2) is 40.7 Å². The van der Waals surface area contributed by atoms with Crippen LogP contribution in [0.5, 0.6) is 11.5 Å². The number of carbonyl (C=O) groups excluding carboxylic acids is 1. The number of likely N-dealkylation sites (N-methyl/N-ethyl adjacent to an activating group) is 1. The quantitative estimate of drug-likeness (QED) is 0.416. The van der Waals surface area contributed by atoms with E-state index in [2.05, 4.69) is 4.99 Å². The molecule has 35 heavy (non-hydrogen) atoms. The van der Waals surface area contributed by atoms with Crippen LogP contribution in [0.1, 0.15) is 28.4 Å². The van der Waals surface area contributed by atoms with E-state index in [1.807, 2.05) is 55.5 Å². The second-order valence-electron chi connectivity index (χ2n) is 7.59. The molecule has 4 rings (SSSR count). The predicted molar refractivity (Wildman–Crippen MR) is 137 cm³/mol. The minimum atomic E-state index is -0.998. The van der Waals surface area contributed by atoms with Crippen LogP contribution in [-0.2, 0) is 11.4 Å². The van der Waals surface area contributed by atoms with E-state index in [0.717, 1.165) is 11.1 Å². The summed E-state index contributed by atoms with van der Waals surface area (Å²) in [4.78, 5) is 30.7. The first-order chi connectivity index (χ1) is 17.0. The van der Waals surface area contributed by atoms with Crippen LogP contribution in [0.4, 0.5) is 5.69 Å². The fourth-order valence-corrected chi connectivity index (χ4v) is 4.50. The summed E-state index contributed by atoms with van der Waals surface area (Å²) < 4.78 is 11.4. The number of amidine groups is 1. The first kappa shape index (κ1) is 24.1. The molecule has 178 valence electrons. The van der Waals surface area contributed by atoms with Gasteiger partial charge in [0.25, 0.3) is 5.91 Å². The number of aliphatic imine (C=N–C) groups is 1. The molecule has 1 aliphatic heterocycles. The summed E-state index contributed by atoms with van der Waals surface area (Å²) >= 11 is 1.28. The Balaban J connectivity index is 1.54. The van der Waals surface area contributed by atoms with Gasteiger partial charge in [0.15, 0.2) is 16.7 Å². The third-order valence-corrected chi connectivity index (χ3v) is 6.27. The summed E-state index contributed by atoms with van der Waals surface area (Å²) in [7, 11) is 1.58. The van der Waals surface area contributed by atoms with Gasteiger partial charge in [-0.2, -0.15) is 0 Å². The molecule has 3 aromatic carbocycles. The zero-order valence-electron chi connectivity index (χ0n) is 19.3. The third kappa shape index (κ3) is 5.73. The molecule has 8 heteroatoms. The van der Waals surface area contributed by atoms with Gasteiger partial charge in [-0.15, -0.1) is 0 Å². The van der Waals surface area contributed by atoms with Gasteiger partial charge >= 0.3 is 5.97 Å². The number of nitrogens with zero attached hydrogens (tertiary/aromatic N) is 2. The van der Waals surface area contributed by atoms with E-state index in [0.29, 0.717) is 40.4 Å². The molecule has 0 unspecified atom stereocenters. The molecular formula is C27H24N2O5S. The van der Waals surface area contributed by atoms with Gasteiger partial charge in [0, 0.05) is 6.54 Å². The van der Waals surface area contributed by atoms with E-state index >= 15 is 0 Å². The van der Waals surface area contributed by atoms with Crippen LogP contribution in [0.15, 0.2) is 82.7 Å². The largest absolute Gasteiger partial charge is 0.493 e. The minimum Gasteiger partial charge on any atom is -0.493 e. The summed E-state index contributed by atoms with van der Waals surface area (Å²) in [5.74, 6) is 0.0559. The van der Waals surface area contributed by atoms with Crippen molar-refractivity contribution in [1.82, 2.24) is 4.90 Å². The van der Waals surface area contributed by atoms with Crippen molar-refractivity contribution >= 4 is 40.6 Å². The summed E-state index contributed by atoms with van der Waals surface area (Å²) in [6.07, 6.45) is 1.80. The van der Waals surface area contributed by atoms with Crippen LogP contribution in [0.2, 0.25) is 0 Å². The van der Waals surface area contributed by atoms with Gasteiger partial charge in [-0.05, 0) is 72.3 Å². The highest BCUT2D eigenvalue weighted by Gasteiger charge is 2.32. The van der Waals surface area contributed by atoms with Crippen molar-refractivity contribution in [2.24, 2.45) is 4.99 Å². The lowest BCUT2D eigenvalue weighted by Crippen LogP contribution is -2.28. The van der Waals surface area contributed by atoms with Gasteiger partial charge in [-0.3, -0.25) is 9.69 Å². The molecule has 1 amide bonds. The Bertz CT molecular complexity index is 1290. The van der Waals surface area contributed by atoms with Gasteiger partial charge < -0.3 is 14.6 Å². The number of hydrogen-bond acceptors (Lipinski definition) is 6. The lowest BCUT2D eigenvalue weighted by Gasteiger charge is -2.12. The smallest absolute Gasteiger partial charge is 0.335 e. The lowest BCUT2D eigenvalue weighted by atomic mass is 10.1. The number of thioether (sulfide) groups is 1. The van der Waals surface area contributed by atoms with Crippen molar-refractivity contribution in [3.8, 4) is 11.5 Å². The molecular weight excluding hydrogens is 464 g/mol. The van der Waals surface area contributed by atoms with Gasteiger partial charge in [0.2, 0.25) is 0 Å². The predicted octanol–water partition coefficient (Wildman–Crippen LogP) is 5.60. The van der Waals surface area contributed by atoms with Crippen LogP contribution in [0.3, 0.4) is 0 Å². The van der Waals surface area contributed by atoms with E-state index in [4.69, 9.17) is 14.6 Å². The molecule has 1 N–H and O–H groups in total. The van der Waals surface area contributed by atoms with E-state index in [-0.39, 0.29) is 11.5 Å². The van der Waals surface area contributed by atoms with E-state index in [9.17, 15) is 9.59 Å². The molecule has 0 atom stereocenters.